The molecule has 304 valence electrons. The van der Waals surface area contributed by atoms with Gasteiger partial charge in [-0.2, -0.15) is 0 Å². The molecule has 1 unspecified atom stereocenters. The zero-order chi connectivity index (χ0) is 38.6. The van der Waals surface area contributed by atoms with E-state index in [0.717, 1.165) is 31.3 Å². The Kier molecular flexibility index (Phi) is 14.1. The highest BCUT2D eigenvalue weighted by molar-refractivity contribution is 5.37. The molecule has 2 N–H and O–H groups in total. The molecule has 9 nitrogen and oxygen atoms in total. The third kappa shape index (κ3) is 9.30. The van der Waals surface area contributed by atoms with Gasteiger partial charge in [0.1, 0.15) is 17.8 Å². The summed E-state index contributed by atoms with van der Waals surface area (Å²) in [5, 5.41) is 22.5. The van der Waals surface area contributed by atoms with Gasteiger partial charge in [0.25, 0.3) is 6.47 Å². The quantitative estimate of drug-likeness (QED) is 0.152. The number of methoxy groups -OCH3 is 1. The van der Waals surface area contributed by atoms with Crippen molar-refractivity contribution in [3.8, 4) is 0 Å². The molecule has 9 heteroatoms. The largest absolute Gasteiger partial charge is 0.464 e. The fourth-order valence-electron chi connectivity index (χ4n) is 10.9. The highest BCUT2D eigenvalue weighted by Crippen LogP contribution is 2.47. The molecule has 0 aromatic rings. The molecule has 0 radical (unpaired) electrons. The number of hydrogen-bond donors (Lipinski definition) is 2. The van der Waals surface area contributed by atoms with E-state index < -0.39 is 17.5 Å². The Bertz CT molecular complexity index is 1380. The summed E-state index contributed by atoms with van der Waals surface area (Å²) in [6.07, 6.45) is 21.3. The first-order valence-electron chi connectivity index (χ1n) is 21.2. The number of carbonyl (C=O) groups is 1. The number of ether oxygens (including phenoxy) is 6. The maximum Gasteiger partial charge on any atom is 0.293 e. The molecule has 0 amide bonds. The molecule has 4 aliphatic heterocycles. The van der Waals surface area contributed by atoms with Gasteiger partial charge in [-0.3, -0.25) is 4.79 Å². The van der Waals surface area contributed by atoms with Gasteiger partial charge in [-0.25, -0.2) is 0 Å². The molecule has 2 aliphatic carbocycles. The summed E-state index contributed by atoms with van der Waals surface area (Å²) in [6.45, 7) is 13.9. The van der Waals surface area contributed by atoms with Crippen molar-refractivity contribution in [1.29, 1.82) is 0 Å². The number of allylic oxidation sites excluding steroid dienone is 4. The smallest absolute Gasteiger partial charge is 0.293 e. The van der Waals surface area contributed by atoms with Crippen LogP contribution in [0.5, 0.6) is 0 Å². The van der Waals surface area contributed by atoms with Crippen LogP contribution < -0.4 is 0 Å². The third-order valence-corrected chi connectivity index (χ3v) is 14.1. The fourth-order valence-corrected chi connectivity index (χ4v) is 10.9. The van der Waals surface area contributed by atoms with Gasteiger partial charge in [-0.05, 0) is 88.5 Å². The van der Waals surface area contributed by atoms with Crippen LogP contribution in [0.25, 0.3) is 0 Å². The Morgan fingerprint density at radius 1 is 1.09 bits per heavy atom. The molecular weight excluding hydrogens is 684 g/mol. The van der Waals surface area contributed by atoms with Crippen LogP contribution in [0.3, 0.4) is 0 Å². The molecule has 4 heterocycles. The van der Waals surface area contributed by atoms with Crippen molar-refractivity contribution in [2.24, 2.45) is 29.6 Å². The van der Waals surface area contributed by atoms with E-state index in [1.54, 1.807) is 7.11 Å². The van der Waals surface area contributed by atoms with E-state index in [2.05, 4.69) is 65.0 Å². The van der Waals surface area contributed by atoms with E-state index in [1.807, 2.05) is 6.92 Å². The van der Waals surface area contributed by atoms with Crippen molar-refractivity contribution in [1.82, 2.24) is 0 Å². The van der Waals surface area contributed by atoms with Crippen LogP contribution in [-0.4, -0.2) is 90.6 Å². The Labute approximate surface area is 324 Å². The van der Waals surface area contributed by atoms with Gasteiger partial charge in [0.05, 0.1) is 43.2 Å². The predicted molar refractivity (Wildman–Crippen MR) is 208 cm³/mol. The lowest BCUT2D eigenvalue weighted by molar-refractivity contribution is -0.341. The van der Waals surface area contributed by atoms with Gasteiger partial charge in [0.2, 0.25) is 0 Å². The average molecular weight is 755 g/mol. The predicted octanol–water partition coefficient (Wildman–Crippen LogP) is 7.93. The zero-order valence-electron chi connectivity index (χ0n) is 34.1. The fraction of sp³-hybridized carbons (Fsp3) is 0.800. The number of rotatable bonds is 12. The first-order valence-corrected chi connectivity index (χ1v) is 21.2. The van der Waals surface area contributed by atoms with Crippen LogP contribution in [0.1, 0.15) is 125 Å². The van der Waals surface area contributed by atoms with E-state index in [9.17, 15) is 15.0 Å². The molecule has 0 bridgehead atoms. The highest BCUT2D eigenvalue weighted by Gasteiger charge is 2.52. The second-order valence-corrected chi connectivity index (χ2v) is 18.0. The van der Waals surface area contributed by atoms with Gasteiger partial charge in [0, 0.05) is 38.7 Å². The lowest BCUT2D eigenvalue weighted by Crippen LogP contribution is -2.55. The first kappa shape index (κ1) is 41.8. The first-order chi connectivity index (χ1) is 25.9. The van der Waals surface area contributed by atoms with Crippen molar-refractivity contribution < 1.29 is 43.4 Å². The molecular formula is C45H70O9. The minimum Gasteiger partial charge on any atom is -0.464 e. The summed E-state index contributed by atoms with van der Waals surface area (Å²) >= 11 is 0. The van der Waals surface area contributed by atoms with Gasteiger partial charge in [-0.1, -0.05) is 81.6 Å². The lowest BCUT2D eigenvalue weighted by Gasteiger charge is -2.51. The molecule has 1 spiro atoms. The van der Waals surface area contributed by atoms with Crippen molar-refractivity contribution in [2.75, 3.05) is 13.7 Å². The molecule has 0 aromatic carbocycles. The number of aliphatic hydroxyl groups is 2. The van der Waals surface area contributed by atoms with E-state index in [0.29, 0.717) is 50.6 Å². The zero-order valence-corrected chi connectivity index (χ0v) is 34.1. The average Bonchev–Trinajstić information content (AvgIpc) is 3.48. The van der Waals surface area contributed by atoms with Gasteiger partial charge in [-0.15, -0.1) is 0 Å². The van der Waals surface area contributed by atoms with Gasteiger partial charge >= 0.3 is 0 Å². The molecule has 14 atom stereocenters. The SMILES string of the molecule is CO[C@H]1C[C@H](C[C@H](/C(C)=C/C[C@@H]2C[C@H](OC=O)C[C@]3(CC[C@H](C)C(C4CCCCC4)O3)O2)[C@@H](C)/C=C/C=C2\CO[C@@H]3CC(C)=C[C@@H](C)[C@]23O)O[C@@H](C)[C@@H]1O. The molecule has 6 aliphatic rings. The maximum atomic E-state index is 11.8. The van der Waals surface area contributed by atoms with Gasteiger partial charge < -0.3 is 38.6 Å². The topological polar surface area (TPSA) is 113 Å². The maximum absolute atomic E-state index is 11.8. The number of hydrogen-bond acceptors (Lipinski definition) is 9. The number of aliphatic hydroxyl groups excluding tert-OH is 1. The molecule has 6 rings (SSSR count). The van der Waals surface area contributed by atoms with E-state index in [-0.39, 0.29) is 60.5 Å². The van der Waals surface area contributed by atoms with Crippen LogP contribution in [0.4, 0.5) is 0 Å². The van der Waals surface area contributed by atoms with E-state index >= 15 is 0 Å². The monoisotopic (exact) mass is 755 g/mol. The second-order valence-electron chi connectivity index (χ2n) is 18.0. The summed E-state index contributed by atoms with van der Waals surface area (Å²) < 4.78 is 37.8. The minimum atomic E-state index is -0.982. The Morgan fingerprint density at radius 2 is 1.87 bits per heavy atom. The van der Waals surface area contributed by atoms with E-state index in [1.165, 1.54) is 43.3 Å². The second kappa shape index (κ2) is 18.2. The standard InChI is InChI=1S/C45H70O9/c1-28-20-32(5)45(48)35(26-50-41(45)21-28)15-11-12-29(2)39(23-37-24-40(49-7)42(47)33(6)52-37)30(3)16-17-36-22-38(51-27-46)25-44(53-36)19-18-31(4)43(54-44)34-13-9-8-10-14-34/h11-12,15-16,20,27,29,31-34,36-43,47-48H,8-10,13-14,17-19,21-26H2,1-7H3/b12-11+,30-16+,35-15+/t29-,31-,32+,33-,36+,37-,38-,39-,40-,41+,42-,43?,44+,45-/m0/s1. The molecule has 54 heavy (non-hydrogen) atoms. The van der Waals surface area contributed by atoms with Crippen LogP contribution in [-0.2, 0) is 33.2 Å². The molecule has 5 fully saturated rings. The van der Waals surface area contributed by atoms with E-state index in [4.69, 9.17) is 28.4 Å². The lowest BCUT2D eigenvalue weighted by atomic mass is 9.73. The molecule has 1 saturated carbocycles. The summed E-state index contributed by atoms with van der Waals surface area (Å²) in [5.74, 6) is 0.600. The minimum absolute atomic E-state index is 0.0125. The van der Waals surface area contributed by atoms with Crippen LogP contribution in [0.15, 0.2) is 47.1 Å². The van der Waals surface area contributed by atoms with Crippen LogP contribution in [0, 0.1) is 29.6 Å². The third-order valence-electron chi connectivity index (χ3n) is 14.1. The van der Waals surface area contributed by atoms with Crippen LogP contribution in [0.2, 0.25) is 0 Å². The highest BCUT2D eigenvalue weighted by atomic mass is 16.7. The summed E-state index contributed by atoms with van der Waals surface area (Å²) in [7, 11) is 1.66. The summed E-state index contributed by atoms with van der Waals surface area (Å²) in [5.41, 5.74) is 2.46. The van der Waals surface area contributed by atoms with Crippen LogP contribution >= 0.6 is 0 Å². The number of carbonyl (C=O) groups excluding carboxylic acids is 1. The Hall–Kier alpha value is -1.85. The summed E-state index contributed by atoms with van der Waals surface area (Å²) in [4.78, 5) is 11.6. The Balaban J connectivity index is 1.20. The van der Waals surface area contributed by atoms with Crippen molar-refractivity contribution >= 4 is 6.47 Å². The van der Waals surface area contributed by atoms with Crippen molar-refractivity contribution in [3.63, 3.8) is 0 Å². The normalized spacial score (nSPS) is 42.9. The Morgan fingerprint density at radius 3 is 2.61 bits per heavy atom. The summed E-state index contributed by atoms with van der Waals surface area (Å²) in [6, 6.07) is 0. The van der Waals surface area contributed by atoms with Crippen molar-refractivity contribution in [3.05, 3.63) is 47.1 Å². The molecule has 4 saturated heterocycles. The molecule has 0 aromatic heterocycles. The number of fused-ring (bicyclic) bond motifs is 1. The van der Waals surface area contributed by atoms with Gasteiger partial charge in [0.15, 0.2) is 5.79 Å². The van der Waals surface area contributed by atoms with Crippen molar-refractivity contribution in [2.45, 2.75) is 185 Å².